The standard InChI is InChI=1S/C22H24Cl2N2O6S/c1-22(21(29)32-2,20(28)18-4-3-9-25-18)19(13-5-7-16(27)8-6-13)26-33(30,31)17-11-14(23)10-15(24)12-17/h5-8,10-12,18-19,25-27H,3-4,9H2,1-2H3/t18?,19-,22+/m1/s1. The fraction of sp³-hybridized carbons (Fsp3) is 0.364. The number of phenols is 1. The summed E-state index contributed by atoms with van der Waals surface area (Å²) in [6.45, 7) is 1.95. The highest BCUT2D eigenvalue weighted by Gasteiger charge is 2.53. The van der Waals surface area contributed by atoms with Crippen molar-refractivity contribution >= 4 is 45.0 Å². The number of halogens is 2. The van der Waals surface area contributed by atoms with Gasteiger partial charge in [-0.1, -0.05) is 35.3 Å². The van der Waals surface area contributed by atoms with Gasteiger partial charge in [0, 0.05) is 10.0 Å². The molecular weight excluding hydrogens is 491 g/mol. The number of Topliss-reactive ketones (excluding diaryl/α,β-unsaturated/α-hetero) is 1. The number of hydrogen-bond donors (Lipinski definition) is 3. The van der Waals surface area contributed by atoms with Gasteiger partial charge in [0.25, 0.3) is 0 Å². The predicted octanol–water partition coefficient (Wildman–Crippen LogP) is 3.22. The Balaban J connectivity index is 2.16. The number of ether oxygens (including phenoxy) is 1. The number of carbonyl (C=O) groups excluding carboxylic acids is 2. The highest BCUT2D eigenvalue weighted by atomic mass is 35.5. The van der Waals surface area contributed by atoms with Gasteiger partial charge in [0.05, 0.1) is 24.1 Å². The van der Waals surface area contributed by atoms with E-state index >= 15 is 0 Å². The van der Waals surface area contributed by atoms with Crippen LogP contribution >= 0.6 is 23.2 Å². The van der Waals surface area contributed by atoms with Gasteiger partial charge in [-0.15, -0.1) is 0 Å². The van der Waals surface area contributed by atoms with Crippen molar-refractivity contribution in [2.75, 3.05) is 13.7 Å². The molecule has 0 bridgehead atoms. The van der Waals surface area contributed by atoms with Crippen LogP contribution in [-0.2, 0) is 24.3 Å². The van der Waals surface area contributed by atoms with Crippen LogP contribution < -0.4 is 10.0 Å². The lowest BCUT2D eigenvalue weighted by Crippen LogP contribution is -2.54. The topological polar surface area (TPSA) is 122 Å². The Morgan fingerprint density at radius 2 is 1.79 bits per heavy atom. The number of phenolic OH excluding ortho intramolecular Hbond substituents is 1. The van der Waals surface area contributed by atoms with Crippen molar-refractivity contribution in [3.05, 3.63) is 58.1 Å². The van der Waals surface area contributed by atoms with E-state index in [1.54, 1.807) is 0 Å². The van der Waals surface area contributed by atoms with Gasteiger partial charge >= 0.3 is 5.97 Å². The number of hydrogen-bond acceptors (Lipinski definition) is 7. The first-order valence-electron chi connectivity index (χ1n) is 10.1. The zero-order chi connectivity index (χ0) is 24.4. The lowest BCUT2D eigenvalue weighted by Gasteiger charge is -2.36. The Hall–Kier alpha value is -2.17. The Morgan fingerprint density at radius 1 is 1.18 bits per heavy atom. The fourth-order valence-corrected chi connectivity index (χ4v) is 5.97. The van der Waals surface area contributed by atoms with Crippen LogP contribution in [0.2, 0.25) is 10.0 Å². The van der Waals surface area contributed by atoms with Crippen LogP contribution in [0.15, 0.2) is 47.4 Å². The van der Waals surface area contributed by atoms with Crippen molar-refractivity contribution in [1.29, 1.82) is 0 Å². The molecule has 3 rings (SSSR count). The minimum Gasteiger partial charge on any atom is -0.508 e. The molecule has 11 heteroatoms. The van der Waals surface area contributed by atoms with Crippen molar-refractivity contribution in [3.63, 3.8) is 0 Å². The van der Waals surface area contributed by atoms with Crippen molar-refractivity contribution in [2.45, 2.75) is 36.7 Å². The number of sulfonamides is 1. The summed E-state index contributed by atoms with van der Waals surface area (Å²) >= 11 is 12.0. The van der Waals surface area contributed by atoms with Gasteiger partial charge in [0.2, 0.25) is 10.0 Å². The highest BCUT2D eigenvalue weighted by Crippen LogP contribution is 2.40. The molecule has 3 N–H and O–H groups in total. The van der Waals surface area contributed by atoms with E-state index in [4.69, 9.17) is 27.9 Å². The maximum absolute atomic E-state index is 13.6. The van der Waals surface area contributed by atoms with Crippen LogP contribution in [0.4, 0.5) is 0 Å². The van der Waals surface area contributed by atoms with Crippen molar-refractivity contribution in [2.24, 2.45) is 5.41 Å². The molecule has 0 aromatic heterocycles. The Kier molecular flexibility index (Phi) is 7.70. The number of esters is 1. The summed E-state index contributed by atoms with van der Waals surface area (Å²) in [5.74, 6) is -1.46. The third-order valence-electron chi connectivity index (χ3n) is 5.72. The summed E-state index contributed by atoms with van der Waals surface area (Å²) in [7, 11) is -3.17. The summed E-state index contributed by atoms with van der Waals surface area (Å²) < 4.78 is 34.1. The van der Waals surface area contributed by atoms with Gasteiger partial charge in [-0.05, 0) is 62.2 Å². The van der Waals surface area contributed by atoms with Crippen molar-refractivity contribution in [3.8, 4) is 5.75 Å². The molecule has 1 fully saturated rings. The molecule has 3 atom stereocenters. The number of benzene rings is 2. The maximum atomic E-state index is 13.6. The molecule has 1 saturated heterocycles. The quantitative estimate of drug-likeness (QED) is 0.365. The molecule has 8 nitrogen and oxygen atoms in total. The highest BCUT2D eigenvalue weighted by molar-refractivity contribution is 7.89. The Morgan fingerprint density at radius 3 is 2.30 bits per heavy atom. The number of methoxy groups -OCH3 is 1. The average Bonchev–Trinajstić information content (AvgIpc) is 3.31. The van der Waals surface area contributed by atoms with E-state index in [1.807, 2.05) is 0 Å². The van der Waals surface area contributed by atoms with Gasteiger partial charge in [-0.2, -0.15) is 0 Å². The van der Waals surface area contributed by atoms with Gasteiger partial charge in [0.15, 0.2) is 5.78 Å². The van der Waals surface area contributed by atoms with Gasteiger partial charge in [-0.25, -0.2) is 13.1 Å². The molecular formula is C22H24Cl2N2O6S. The third-order valence-corrected chi connectivity index (χ3v) is 7.56. The second kappa shape index (κ2) is 9.99. The smallest absolute Gasteiger partial charge is 0.321 e. The first-order chi connectivity index (χ1) is 15.5. The Bertz CT molecular complexity index is 1130. The van der Waals surface area contributed by atoms with Crippen LogP contribution in [0, 0.1) is 5.41 Å². The van der Waals surface area contributed by atoms with Crippen LogP contribution in [-0.4, -0.2) is 45.0 Å². The Labute approximate surface area is 202 Å². The average molecular weight is 515 g/mol. The molecule has 1 aliphatic heterocycles. The number of nitrogens with one attached hydrogen (secondary N) is 2. The van der Waals surface area contributed by atoms with E-state index in [9.17, 15) is 23.1 Å². The molecule has 0 aliphatic carbocycles. The van der Waals surface area contributed by atoms with E-state index < -0.39 is 39.3 Å². The number of carbonyl (C=O) groups is 2. The summed E-state index contributed by atoms with van der Waals surface area (Å²) in [4.78, 5) is 26.4. The molecule has 1 aliphatic rings. The summed E-state index contributed by atoms with van der Waals surface area (Å²) in [5, 5.41) is 13.0. The van der Waals surface area contributed by atoms with E-state index in [1.165, 1.54) is 49.4 Å². The first kappa shape index (κ1) is 25.5. The van der Waals surface area contributed by atoms with E-state index in [0.717, 1.165) is 13.5 Å². The first-order valence-corrected chi connectivity index (χ1v) is 12.4. The molecule has 178 valence electrons. The van der Waals surface area contributed by atoms with E-state index in [2.05, 4.69) is 10.0 Å². The lowest BCUT2D eigenvalue weighted by atomic mass is 9.73. The maximum Gasteiger partial charge on any atom is 0.321 e. The minimum absolute atomic E-state index is 0.0643. The van der Waals surface area contributed by atoms with Crippen molar-refractivity contribution < 1.29 is 27.9 Å². The number of ketones is 1. The van der Waals surface area contributed by atoms with Gasteiger partial charge in [-0.3, -0.25) is 9.59 Å². The van der Waals surface area contributed by atoms with Crippen LogP contribution in [0.1, 0.15) is 31.4 Å². The van der Waals surface area contributed by atoms with E-state index in [0.29, 0.717) is 13.0 Å². The van der Waals surface area contributed by atoms with Gasteiger partial charge in [0.1, 0.15) is 11.2 Å². The second-order valence-electron chi connectivity index (χ2n) is 7.96. The summed E-state index contributed by atoms with van der Waals surface area (Å²) in [6.07, 6.45) is 1.24. The molecule has 2 aromatic rings. The SMILES string of the molecule is COC(=O)[C@](C)(C(=O)C1CCCN1)[C@H](NS(=O)(=O)c1cc(Cl)cc(Cl)c1)c1ccc(O)cc1. The van der Waals surface area contributed by atoms with Gasteiger partial charge < -0.3 is 15.2 Å². The predicted molar refractivity (Wildman–Crippen MR) is 124 cm³/mol. The third kappa shape index (κ3) is 5.33. The zero-order valence-corrected chi connectivity index (χ0v) is 20.3. The summed E-state index contributed by atoms with van der Waals surface area (Å²) in [5.41, 5.74) is -1.65. The van der Waals surface area contributed by atoms with Crippen molar-refractivity contribution in [1.82, 2.24) is 10.0 Å². The van der Waals surface area contributed by atoms with Crippen LogP contribution in [0.3, 0.4) is 0 Å². The largest absolute Gasteiger partial charge is 0.508 e. The van der Waals surface area contributed by atoms with Crippen LogP contribution in [0.5, 0.6) is 5.75 Å². The molecule has 33 heavy (non-hydrogen) atoms. The number of aromatic hydroxyl groups is 1. The van der Waals surface area contributed by atoms with Crippen LogP contribution in [0.25, 0.3) is 0 Å². The summed E-state index contributed by atoms with van der Waals surface area (Å²) in [6, 6.07) is 7.34. The normalized spacial score (nSPS) is 19.0. The zero-order valence-electron chi connectivity index (χ0n) is 18.0. The monoisotopic (exact) mass is 514 g/mol. The fourth-order valence-electron chi connectivity index (χ4n) is 3.94. The molecule has 2 aromatic carbocycles. The molecule has 0 radical (unpaired) electrons. The molecule has 1 heterocycles. The molecule has 0 saturated carbocycles. The molecule has 1 unspecified atom stereocenters. The number of rotatable bonds is 8. The van der Waals surface area contributed by atoms with E-state index in [-0.39, 0.29) is 26.3 Å². The molecule has 0 amide bonds. The molecule has 0 spiro atoms. The second-order valence-corrected chi connectivity index (χ2v) is 10.5. The minimum atomic E-state index is -4.31. The lowest BCUT2D eigenvalue weighted by molar-refractivity contribution is -0.159.